The van der Waals surface area contributed by atoms with Gasteiger partial charge in [-0.1, -0.05) is 0 Å². The number of benzene rings is 2. The van der Waals surface area contributed by atoms with Crippen molar-refractivity contribution >= 4 is 29.5 Å². The Morgan fingerprint density at radius 1 is 1.00 bits per heavy atom. The van der Waals surface area contributed by atoms with Gasteiger partial charge in [-0.05, 0) is 48.5 Å². The van der Waals surface area contributed by atoms with E-state index in [4.69, 9.17) is 14.2 Å². The van der Waals surface area contributed by atoms with E-state index in [1.165, 1.54) is 31.3 Å². The predicted octanol–water partition coefficient (Wildman–Crippen LogP) is 2.60. The second-order valence-electron chi connectivity index (χ2n) is 6.37. The fourth-order valence-electron chi connectivity index (χ4n) is 2.46. The topological polar surface area (TPSA) is 94.2 Å². The van der Waals surface area contributed by atoms with E-state index in [-0.39, 0.29) is 5.91 Å². The lowest BCUT2D eigenvalue weighted by Gasteiger charge is -2.11. The van der Waals surface area contributed by atoms with Gasteiger partial charge in [-0.3, -0.25) is 9.59 Å². The molecule has 2 amide bonds. The van der Waals surface area contributed by atoms with E-state index in [2.05, 4.69) is 5.32 Å². The number of ether oxygens (including phenoxy) is 3. The predicted molar refractivity (Wildman–Crippen MR) is 113 cm³/mol. The maximum atomic E-state index is 12.0. The van der Waals surface area contributed by atoms with Gasteiger partial charge in [0, 0.05) is 37.0 Å². The molecule has 0 spiro atoms. The fraction of sp³-hybridized carbons (Fsp3) is 0.227. The summed E-state index contributed by atoms with van der Waals surface area (Å²) >= 11 is 0. The monoisotopic (exact) mass is 412 g/mol. The van der Waals surface area contributed by atoms with Crippen LogP contribution in [0.2, 0.25) is 0 Å². The molecule has 2 rings (SSSR count). The van der Waals surface area contributed by atoms with Crippen molar-refractivity contribution in [1.82, 2.24) is 4.90 Å². The second-order valence-corrected chi connectivity index (χ2v) is 6.37. The quantitative estimate of drug-likeness (QED) is 0.529. The van der Waals surface area contributed by atoms with E-state index in [0.29, 0.717) is 28.3 Å². The lowest BCUT2D eigenvalue weighted by Crippen LogP contribution is -2.22. The Morgan fingerprint density at radius 3 is 2.30 bits per heavy atom. The average Bonchev–Trinajstić information content (AvgIpc) is 2.75. The Balaban J connectivity index is 1.88. The van der Waals surface area contributed by atoms with Gasteiger partial charge in [-0.25, -0.2) is 4.79 Å². The van der Waals surface area contributed by atoms with E-state index < -0.39 is 18.5 Å². The van der Waals surface area contributed by atoms with Gasteiger partial charge in [-0.2, -0.15) is 0 Å². The van der Waals surface area contributed by atoms with Crippen LogP contribution >= 0.6 is 0 Å². The third-order valence-corrected chi connectivity index (χ3v) is 4.00. The van der Waals surface area contributed by atoms with Gasteiger partial charge >= 0.3 is 5.97 Å². The van der Waals surface area contributed by atoms with E-state index in [0.717, 1.165) is 0 Å². The molecule has 0 saturated carbocycles. The lowest BCUT2D eigenvalue weighted by atomic mass is 10.1. The number of nitrogens with one attached hydrogen (secondary N) is 1. The number of esters is 1. The molecule has 8 heteroatoms. The molecule has 0 fully saturated rings. The van der Waals surface area contributed by atoms with Crippen LogP contribution in [0.25, 0.3) is 6.08 Å². The SMILES string of the molecule is COc1ccc(OC)c(/C=C/C(=O)OCC(=O)Nc2ccc(C(=O)N(C)C)cc2)c1. The number of carbonyl (C=O) groups excluding carboxylic acids is 3. The van der Waals surface area contributed by atoms with Crippen molar-refractivity contribution in [1.29, 1.82) is 0 Å². The summed E-state index contributed by atoms with van der Waals surface area (Å²) in [4.78, 5) is 37.2. The van der Waals surface area contributed by atoms with Crippen LogP contribution in [-0.4, -0.2) is 57.6 Å². The first-order chi connectivity index (χ1) is 14.3. The molecule has 0 aliphatic rings. The molecule has 0 unspecified atom stereocenters. The third-order valence-electron chi connectivity index (χ3n) is 4.00. The minimum absolute atomic E-state index is 0.138. The van der Waals surface area contributed by atoms with Crippen LogP contribution in [0.3, 0.4) is 0 Å². The molecule has 2 aromatic carbocycles. The van der Waals surface area contributed by atoms with Crippen LogP contribution in [0.5, 0.6) is 11.5 Å². The summed E-state index contributed by atoms with van der Waals surface area (Å²) in [6, 6.07) is 11.6. The van der Waals surface area contributed by atoms with Crippen molar-refractivity contribution in [3.63, 3.8) is 0 Å². The number of anilines is 1. The Bertz CT molecular complexity index is 935. The summed E-state index contributed by atoms with van der Waals surface area (Å²) in [5.74, 6) is -0.138. The first kappa shape index (κ1) is 22.5. The van der Waals surface area contributed by atoms with Crippen molar-refractivity contribution in [3.8, 4) is 11.5 Å². The summed E-state index contributed by atoms with van der Waals surface area (Å²) < 4.78 is 15.3. The molecule has 0 saturated heterocycles. The fourth-order valence-corrected chi connectivity index (χ4v) is 2.46. The molecule has 1 N–H and O–H groups in total. The zero-order valence-electron chi connectivity index (χ0n) is 17.3. The largest absolute Gasteiger partial charge is 0.497 e. The number of amides is 2. The molecule has 0 heterocycles. The highest BCUT2D eigenvalue weighted by molar-refractivity contribution is 5.96. The molecule has 2 aromatic rings. The third kappa shape index (κ3) is 6.37. The second kappa shape index (κ2) is 10.7. The van der Waals surface area contributed by atoms with Crippen molar-refractivity contribution in [2.75, 3.05) is 40.2 Å². The van der Waals surface area contributed by atoms with Gasteiger partial charge < -0.3 is 24.4 Å². The highest BCUT2D eigenvalue weighted by atomic mass is 16.5. The summed E-state index contributed by atoms with van der Waals surface area (Å²) in [6.07, 6.45) is 2.72. The first-order valence-electron chi connectivity index (χ1n) is 9.02. The van der Waals surface area contributed by atoms with Crippen LogP contribution in [0.15, 0.2) is 48.5 Å². The van der Waals surface area contributed by atoms with E-state index in [1.54, 1.807) is 56.6 Å². The van der Waals surface area contributed by atoms with Gasteiger partial charge in [0.25, 0.3) is 11.8 Å². The van der Waals surface area contributed by atoms with Gasteiger partial charge in [0.2, 0.25) is 0 Å². The zero-order valence-corrected chi connectivity index (χ0v) is 17.3. The number of hydrogen-bond acceptors (Lipinski definition) is 6. The maximum Gasteiger partial charge on any atom is 0.331 e. The Hall–Kier alpha value is -3.81. The van der Waals surface area contributed by atoms with E-state index in [9.17, 15) is 14.4 Å². The van der Waals surface area contributed by atoms with Crippen molar-refractivity contribution in [3.05, 3.63) is 59.7 Å². The zero-order chi connectivity index (χ0) is 22.1. The minimum Gasteiger partial charge on any atom is -0.497 e. The van der Waals surface area contributed by atoms with Gasteiger partial charge in [0.05, 0.1) is 14.2 Å². The van der Waals surface area contributed by atoms with Gasteiger partial charge in [0.1, 0.15) is 11.5 Å². The van der Waals surface area contributed by atoms with Crippen LogP contribution < -0.4 is 14.8 Å². The number of hydrogen-bond donors (Lipinski definition) is 1. The van der Waals surface area contributed by atoms with Crippen LogP contribution in [-0.2, 0) is 14.3 Å². The van der Waals surface area contributed by atoms with Crippen molar-refractivity contribution in [2.24, 2.45) is 0 Å². The molecular formula is C22H24N2O6. The summed E-state index contributed by atoms with van der Waals surface area (Å²) in [5.41, 5.74) is 1.62. The van der Waals surface area contributed by atoms with E-state index in [1.807, 2.05) is 0 Å². The molecule has 0 radical (unpaired) electrons. The molecule has 8 nitrogen and oxygen atoms in total. The normalized spacial score (nSPS) is 10.4. The maximum absolute atomic E-state index is 12.0. The van der Waals surface area contributed by atoms with Gasteiger partial charge in [-0.15, -0.1) is 0 Å². The molecule has 158 valence electrons. The molecule has 0 bridgehead atoms. The van der Waals surface area contributed by atoms with Crippen molar-refractivity contribution < 1.29 is 28.6 Å². The summed E-state index contributed by atoms with van der Waals surface area (Å²) in [5, 5.41) is 2.60. The molecule has 0 aliphatic heterocycles. The van der Waals surface area contributed by atoms with Gasteiger partial charge in [0.15, 0.2) is 6.61 Å². The Labute approximate surface area is 175 Å². The lowest BCUT2D eigenvalue weighted by molar-refractivity contribution is -0.142. The number of methoxy groups -OCH3 is 2. The molecule has 30 heavy (non-hydrogen) atoms. The minimum atomic E-state index is -0.679. The highest BCUT2D eigenvalue weighted by Crippen LogP contribution is 2.25. The molecule has 0 aliphatic carbocycles. The standard InChI is InChI=1S/C22H24N2O6/c1-24(2)22(27)15-5-8-17(9-6-15)23-20(25)14-30-21(26)12-7-16-13-18(28-3)10-11-19(16)29-4/h5-13H,14H2,1-4H3,(H,23,25)/b12-7+. The number of nitrogens with zero attached hydrogens (tertiary/aromatic N) is 1. The van der Waals surface area contributed by atoms with Crippen molar-refractivity contribution in [2.45, 2.75) is 0 Å². The molecular weight excluding hydrogens is 388 g/mol. The average molecular weight is 412 g/mol. The highest BCUT2D eigenvalue weighted by Gasteiger charge is 2.10. The number of rotatable bonds is 8. The van der Waals surface area contributed by atoms with Crippen LogP contribution in [0, 0.1) is 0 Å². The van der Waals surface area contributed by atoms with E-state index >= 15 is 0 Å². The Morgan fingerprint density at radius 2 is 1.70 bits per heavy atom. The first-order valence-corrected chi connectivity index (χ1v) is 9.02. The van der Waals surface area contributed by atoms with Crippen LogP contribution in [0.4, 0.5) is 5.69 Å². The Kier molecular flexibility index (Phi) is 7.99. The smallest absolute Gasteiger partial charge is 0.331 e. The summed E-state index contributed by atoms with van der Waals surface area (Å²) in [7, 11) is 6.37. The molecule has 0 aromatic heterocycles. The number of carbonyl (C=O) groups is 3. The van der Waals surface area contributed by atoms with Crippen LogP contribution in [0.1, 0.15) is 15.9 Å². The molecule has 0 atom stereocenters. The summed E-state index contributed by atoms with van der Waals surface area (Å²) in [6.45, 7) is -0.448.